The predicted molar refractivity (Wildman–Crippen MR) is 171 cm³/mol. The van der Waals surface area contributed by atoms with Crippen molar-refractivity contribution in [2.75, 3.05) is 12.4 Å². The maximum atomic E-state index is 14.1. The van der Waals surface area contributed by atoms with E-state index in [1.54, 1.807) is 17.6 Å². The Morgan fingerprint density at radius 3 is 2.23 bits per heavy atom. The van der Waals surface area contributed by atoms with E-state index in [9.17, 15) is 14.4 Å². The Morgan fingerprint density at radius 2 is 1.61 bits per heavy atom. The van der Waals surface area contributed by atoms with Gasteiger partial charge in [-0.05, 0) is 41.8 Å². The van der Waals surface area contributed by atoms with Gasteiger partial charge in [0, 0.05) is 10.6 Å². The molecule has 2 atom stereocenters. The second kappa shape index (κ2) is 13.3. The zero-order chi connectivity index (χ0) is 30.5. The number of hydrogen-bond acceptors (Lipinski definition) is 8. The van der Waals surface area contributed by atoms with E-state index >= 15 is 0 Å². The zero-order valence-electron chi connectivity index (χ0n) is 23.8. The molecule has 8 nitrogen and oxygen atoms in total. The van der Waals surface area contributed by atoms with Gasteiger partial charge in [-0.25, -0.2) is 9.78 Å². The van der Waals surface area contributed by atoms with E-state index in [0.717, 1.165) is 21.7 Å². The third kappa shape index (κ3) is 6.31. The van der Waals surface area contributed by atoms with Crippen LogP contribution in [-0.4, -0.2) is 51.4 Å². The Kier molecular flexibility index (Phi) is 8.90. The highest BCUT2D eigenvalue weighted by molar-refractivity contribution is 8.00. The molecule has 1 fully saturated rings. The number of allylic oxidation sites excluding steroid dienone is 1. The largest absolute Gasteiger partial charge is 0.484 e. The number of amides is 2. The monoisotopic (exact) mass is 623 g/mol. The topological polar surface area (TPSA) is 97.8 Å². The van der Waals surface area contributed by atoms with Crippen LogP contribution < -0.4 is 10.1 Å². The molecule has 1 saturated heterocycles. The van der Waals surface area contributed by atoms with Gasteiger partial charge in [-0.3, -0.25) is 14.5 Å². The molecule has 0 aliphatic carbocycles. The van der Waals surface area contributed by atoms with Crippen LogP contribution in [0, 0.1) is 6.92 Å². The van der Waals surface area contributed by atoms with Gasteiger partial charge in [-0.2, -0.15) is 0 Å². The Bertz CT molecular complexity index is 1670. The first-order valence-corrected chi connectivity index (χ1v) is 16.0. The average Bonchev–Trinajstić information content (AvgIpc) is 3.49. The predicted octanol–water partition coefficient (Wildman–Crippen LogP) is 5.53. The number of aromatic nitrogens is 1. The van der Waals surface area contributed by atoms with Gasteiger partial charge >= 0.3 is 5.97 Å². The van der Waals surface area contributed by atoms with Gasteiger partial charge in [-0.15, -0.1) is 23.1 Å². The van der Waals surface area contributed by atoms with Crippen LogP contribution in [0.3, 0.4) is 0 Å². The number of esters is 1. The molecule has 2 aliphatic rings. The molecule has 10 heteroatoms. The summed E-state index contributed by atoms with van der Waals surface area (Å²) in [5.74, 6) is -0.401. The molecule has 2 aliphatic heterocycles. The SMILES string of the molecule is Cc1ncsc1/C=C/C1=C(C(=O)OC(c2ccccc2)c2ccccc2)N2C(=O)C(NC(=O)COc3ccccc3)C2SC1. The van der Waals surface area contributed by atoms with Crippen molar-refractivity contribution in [1.29, 1.82) is 0 Å². The fraction of sp³-hybridized carbons (Fsp3) is 0.176. The summed E-state index contributed by atoms with van der Waals surface area (Å²) in [7, 11) is 0. The molecule has 0 spiro atoms. The summed E-state index contributed by atoms with van der Waals surface area (Å²) in [6.45, 7) is 1.69. The number of thioether (sulfide) groups is 1. The van der Waals surface area contributed by atoms with Crippen molar-refractivity contribution in [2.24, 2.45) is 0 Å². The Labute approximate surface area is 263 Å². The number of aryl methyl sites for hydroxylation is 1. The lowest BCUT2D eigenvalue weighted by Crippen LogP contribution is -2.70. The highest BCUT2D eigenvalue weighted by atomic mass is 32.2. The van der Waals surface area contributed by atoms with Crippen LogP contribution in [0.2, 0.25) is 0 Å². The van der Waals surface area contributed by atoms with Gasteiger partial charge in [0.15, 0.2) is 12.7 Å². The molecular formula is C34H29N3O5S2. The number of benzene rings is 3. The number of thiazole rings is 1. The molecule has 3 aromatic carbocycles. The molecule has 44 heavy (non-hydrogen) atoms. The number of para-hydroxylation sites is 1. The summed E-state index contributed by atoms with van der Waals surface area (Å²) in [6, 6.07) is 27.2. The maximum absolute atomic E-state index is 14.1. The third-order valence-corrected chi connectivity index (χ3v) is 9.47. The van der Waals surface area contributed by atoms with Crippen molar-refractivity contribution >= 4 is 47.0 Å². The second-order valence-corrected chi connectivity index (χ2v) is 12.2. The lowest BCUT2D eigenvalue weighted by molar-refractivity contribution is -0.154. The van der Waals surface area contributed by atoms with Crippen LogP contribution in [-0.2, 0) is 19.1 Å². The first kappa shape index (κ1) is 29.4. The summed E-state index contributed by atoms with van der Waals surface area (Å²) in [4.78, 5) is 47.1. The van der Waals surface area contributed by atoms with E-state index in [1.165, 1.54) is 28.0 Å². The number of fused-ring (bicyclic) bond motifs is 1. The molecule has 0 bridgehead atoms. The molecule has 6 rings (SSSR count). The van der Waals surface area contributed by atoms with Crippen LogP contribution >= 0.6 is 23.1 Å². The fourth-order valence-electron chi connectivity index (χ4n) is 5.04. The summed E-state index contributed by atoms with van der Waals surface area (Å²) >= 11 is 2.98. The molecule has 0 radical (unpaired) electrons. The normalized spacial score (nSPS) is 17.8. The van der Waals surface area contributed by atoms with E-state index < -0.39 is 29.4 Å². The molecule has 4 aromatic rings. The van der Waals surface area contributed by atoms with E-state index in [-0.39, 0.29) is 18.2 Å². The van der Waals surface area contributed by atoms with E-state index in [0.29, 0.717) is 17.1 Å². The van der Waals surface area contributed by atoms with E-state index in [4.69, 9.17) is 9.47 Å². The number of ether oxygens (including phenoxy) is 2. The van der Waals surface area contributed by atoms with Crippen molar-refractivity contribution in [1.82, 2.24) is 15.2 Å². The van der Waals surface area contributed by atoms with E-state index in [2.05, 4.69) is 10.3 Å². The Morgan fingerprint density at radius 1 is 0.977 bits per heavy atom. The quantitative estimate of drug-likeness (QED) is 0.183. The number of nitrogens with one attached hydrogen (secondary N) is 1. The van der Waals surface area contributed by atoms with Crippen LogP contribution in [0.5, 0.6) is 5.75 Å². The van der Waals surface area contributed by atoms with Crippen LogP contribution in [0.4, 0.5) is 0 Å². The lowest BCUT2D eigenvalue weighted by atomic mass is 10.0. The summed E-state index contributed by atoms with van der Waals surface area (Å²) in [6.07, 6.45) is 3.08. The lowest BCUT2D eigenvalue weighted by Gasteiger charge is -2.49. The van der Waals surface area contributed by atoms with Gasteiger partial charge < -0.3 is 14.8 Å². The summed E-state index contributed by atoms with van der Waals surface area (Å²) < 4.78 is 11.8. The minimum Gasteiger partial charge on any atom is -0.484 e. The summed E-state index contributed by atoms with van der Waals surface area (Å²) in [5, 5.41) is 2.33. The number of carbonyl (C=O) groups is 3. The van der Waals surface area contributed by atoms with Gasteiger partial charge in [0.05, 0.1) is 11.2 Å². The number of rotatable bonds is 10. The van der Waals surface area contributed by atoms with Gasteiger partial charge in [0.25, 0.3) is 11.8 Å². The molecule has 2 unspecified atom stereocenters. The molecule has 222 valence electrons. The highest BCUT2D eigenvalue weighted by Crippen LogP contribution is 2.42. The Hall–Kier alpha value is -4.67. The van der Waals surface area contributed by atoms with Gasteiger partial charge in [-0.1, -0.05) is 84.9 Å². The standard InChI is InChI=1S/C34H29N3O5S2/c1-22-27(44-21-35-22)18-17-25-20-43-33-29(36-28(38)19-41-26-15-9-4-10-16-26)32(39)37(33)30(25)34(40)42-31(23-11-5-2-6-12-23)24-13-7-3-8-14-24/h2-18,21,29,31,33H,19-20H2,1H3,(H,36,38)/b18-17+. The maximum Gasteiger partial charge on any atom is 0.356 e. The second-order valence-electron chi connectivity index (χ2n) is 10.2. The van der Waals surface area contributed by atoms with Crippen molar-refractivity contribution in [3.8, 4) is 5.75 Å². The van der Waals surface area contributed by atoms with Crippen molar-refractivity contribution in [3.05, 3.63) is 136 Å². The van der Waals surface area contributed by atoms with Crippen molar-refractivity contribution < 1.29 is 23.9 Å². The molecule has 1 N–H and O–H groups in total. The van der Waals surface area contributed by atoms with Gasteiger partial charge in [0.2, 0.25) is 0 Å². The minimum atomic E-state index is -0.789. The molecular weight excluding hydrogens is 595 g/mol. The zero-order valence-corrected chi connectivity index (χ0v) is 25.4. The summed E-state index contributed by atoms with van der Waals surface area (Å²) in [5.41, 5.74) is 5.11. The van der Waals surface area contributed by atoms with Crippen LogP contribution in [0.15, 0.2) is 114 Å². The molecule has 2 amide bonds. The van der Waals surface area contributed by atoms with Gasteiger partial charge in [0.1, 0.15) is 22.9 Å². The number of hydrogen-bond donors (Lipinski definition) is 1. The van der Waals surface area contributed by atoms with E-state index in [1.807, 2.05) is 97.9 Å². The fourth-order valence-corrected chi connectivity index (χ4v) is 7.05. The van der Waals surface area contributed by atoms with Crippen molar-refractivity contribution in [3.63, 3.8) is 0 Å². The molecule has 1 aromatic heterocycles. The molecule has 3 heterocycles. The number of β-lactam (4-membered cyclic amide) rings is 1. The molecule has 0 saturated carbocycles. The first-order valence-electron chi connectivity index (χ1n) is 14.0. The smallest absolute Gasteiger partial charge is 0.356 e. The number of carbonyl (C=O) groups excluding carboxylic acids is 3. The van der Waals surface area contributed by atoms with Crippen LogP contribution in [0.25, 0.3) is 6.08 Å². The van der Waals surface area contributed by atoms with Crippen LogP contribution in [0.1, 0.15) is 27.8 Å². The average molecular weight is 624 g/mol. The Balaban J connectivity index is 1.26. The number of nitrogens with zero attached hydrogens (tertiary/aromatic N) is 2. The first-order chi connectivity index (χ1) is 21.5. The van der Waals surface area contributed by atoms with Crippen molar-refractivity contribution in [2.45, 2.75) is 24.4 Å². The minimum absolute atomic E-state index is 0.181. The third-order valence-electron chi connectivity index (χ3n) is 7.27. The highest BCUT2D eigenvalue weighted by Gasteiger charge is 2.54.